The summed E-state index contributed by atoms with van der Waals surface area (Å²) in [4.78, 5) is 18.2. The molecule has 0 bridgehead atoms. The van der Waals surface area contributed by atoms with Crippen molar-refractivity contribution in [3.8, 4) is 34.4 Å². The van der Waals surface area contributed by atoms with Crippen LogP contribution in [0.4, 0.5) is 11.5 Å². The lowest BCUT2D eigenvalue weighted by Crippen LogP contribution is -2.25. The highest BCUT2D eigenvalue weighted by molar-refractivity contribution is 7.21. The van der Waals surface area contributed by atoms with Gasteiger partial charge in [-0.3, -0.25) is 4.79 Å². The number of thiophene rings is 1. The van der Waals surface area contributed by atoms with Crippen molar-refractivity contribution in [3.05, 3.63) is 58.5 Å². The van der Waals surface area contributed by atoms with Gasteiger partial charge in [0.15, 0.2) is 11.5 Å². The fourth-order valence-corrected chi connectivity index (χ4v) is 5.04. The van der Waals surface area contributed by atoms with Crippen LogP contribution in [0.25, 0.3) is 21.3 Å². The molecular formula is C26H25N5O4S. The highest BCUT2D eigenvalue weighted by Crippen LogP contribution is 2.47. The van der Waals surface area contributed by atoms with E-state index in [1.807, 2.05) is 30.3 Å². The second kappa shape index (κ2) is 10.4. The SMILES string of the molecule is COc1cc(-c2c(C#N)c(N)nc3sc(C(=O)NCCc4ccccc4)c(N)c23)cc(OC)c1OC. The van der Waals surface area contributed by atoms with Gasteiger partial charge in [-0.25, -0.2) is 4.98 Å². The maximum absolute atomic E-state index is 13.0. The first-order valence-corrected chi connectivity index (χ1v) is 11.8. The van der Waals surface area contributed by atoms with Crippen molar-refractivity contribution in [2.24, 2.45) is 0 Å². The summed E-state index contributed by atoms with van der Waals surface area (Å²) < 4.78 is 16.4. The van der Waals surface area contributed by atoms with Crippen LogP contribution < -0.4 is 31.0 Å². The van der Waals surface area contributed by atoms with Crippen LogP contribution in [0.5, 0.6) is 17.2 Å². The van der Waals surface area contributed by atoms with Gasteiger partial charge in [-0.2, -0.15) is 5.26 Å². The number of amides is 1. The van der Waals surface area contributed by atoms with E-state index < -0.39 is 0 Å². The number of methoxy groups -OCH3 is 3. The molecule has 0 aliphatic rings. The summed E-state index contributed by atoms with van der Waals surface area (Å²) in [6.07, 6.45) is 0.678. The van der Waals surface area contributed by atoms with Gasteiger partial charge in [0.1, 0.15) is 27.2 Å². The predicted octanol–water partition coefficient (Wildman–Crippen LogP) is 4.00. The second-order valence-corrected chi connectivity index (χ2v) is 8.79. The fourth-order valence-electron chi connectivity index (χ4n) is 4.01. The smallest absolute Gasteiger partial charge is 0.263 e. The Balaban J connectivity index is 1.81. The first-order chi connectivity index (χ1) is 17.4. The molecule has 2 aromatic heterocycles. The number of nitrogens with two attached hydrogens (primary N) is 2. The van der Waals surface area contributed by atoms with Gasteiger partial charge in [0.2, 0.25) is 5.75 Å². The van der Waals surface area contributed by atoms with Gasteiger partial charge in [-0.1, -0.05) is 30.3 Å². The first-order valence-electron chi connectivity index (χ1n) is 11.0. The van der Waals surface area contributed by atoms with Crippen LogP contribution in [0.2, 0.25) is 0 Å². The van der Waals surface area contributed by atoms with Crippen molar-refractivity contribution in [2.45, 2.75) is 6.42 Å². The third kappa shape index (κ3) is 4.44. The fraction of sp³-hybridized carbons (Fsp3) is 0.192. The minimum atomic E-state index is -0.320. The van der Waals surface area contributed by atoms with Gasteiger partial charge >= 0.3 is 0 Å². The van der Waals surface area contributed by atoms with Crippen molar-refractivity contribution in [2.75, 3.05) is 39.3 Å². The highest BCUT2D eigenvalue weighted by Gasteiger charge is 2.26. The van der Waals surface area contributed by atoms with Crippen LogP contribution in [-0.2, 0) is 6.42 Å². The summed E-state index contributed by atoms with van der Waals surface area (Å²) >= 11 is 1.12. The number of nitrogens with zero attached hydrogens (tertiary/aromatic N) is 2. The molecule has 184 valence electrons. The number of hydrogen-bond donors (Lipinski definition) is 3. The number of carbonyl (C=O) groups is 1. The normalized spacial score (nSPS) is 10.6. The quantitative estimate of drug-likeness (QED) is 0.327. The number of ether oxygens (including phenoxy) is 3. The Morgan fingerprint density at radius 1 is 1.08 bits per heavy atom. The Morgan fingerprint density at radius 2 is 1.75 bits per heavy atom. The van der Waals surface area contributed by atoms with Gasteiger partial charge < -0.3 is 31.0 Å². The summed E-state index contributed by atoms with van der Waals surface area (Å²) in [5.74, 6) is 0.904. The standard InChI is InChI=1S/C26H25N5O4S/c1-33-17-11-15(12-18(34-2)22(17)35-3)19-16(13-27)24(29)31-26-20(19)21(28)23(36-26)25(32)30-10-9-14-7-5-4-6-8-14/h4-8,11-12H,9-10,28H2,1-3H3,(H2,29,31)(H,30,32). The van der Waals surface area contributed by atoms with Gasteiger partial charge in [-0.05, 0) is 29.7 Å². The lowest BCUT2D eigenvalue weighted by atomic mass is 9.96. The van der Waals surface area contributed by atoms with Crippen LogP contribution >= 0.6 is 11.3 Å². The third-order valence-corrected chi connectivity index (χ3v) is 6.82. The number of nitriles is 1. The minimum absolute atomic E-state index is 0.0334. The number of nitrogen functional groups attached to an aromatic ring is 2. The summed E-state index contributed by atoms with van der Waals surface area (Å²) in [6.45, 7) is 0.440. The topological polar surface area (TPSA) is 146 Å². The van der Waals surface area contributed by atoms with E-state index in [0.717, 1.165) is 16.9 Å². The monoisotopic (exact) mass is 503 g/mol. The molecule has 0 aliphatic carbocycles. The molecule has 2 heterocycles. The number of benzene rings is 2. The largest absolute Gasteiger partial charge is 0.493 e. The van der Waals surface area contributed by atoms with Crippen LogP contribution in [0, 0.1) is 11.3 Å². The average Bonchev–Trinajstić information content (AvgIpc) is 3.22. The molecule has 0 fully saturated rings. The van der Waals surface area contributed by atoms with E-state index in [4.69, 9.17) is 25.7 Å². The molecule has 4 aromatic rings. The summed E-state index contributed by atoms with van der Waals surface area (Å²) in [5, 5.41) is 13.3. The molecule has 0 saturated heterocycles. The number of aromatic nitrogens is 1. The molecule has 5 N–H and O–H groups in total. The molecule has 0 radical (unpaired) electrons. The molecule has 0 atom stereocenters. The van der Waals surface area contributed by atoms with Crippen molar-refractivity contribution in [1.29, 1.82) is 5.26 Å². The molecule has 0 saturated carbocycles. The van der Waals surface area contributed by atoms with Gasteiger partial charge in [-0.15, -0.1) is 11.3 Å². The molecule has 36 heavy (non-hydrogen) atoms. The Bertz CT molecular complexity index is 1450. The molecule has 0 spiro atoms. The molecule has 10 heteroatoms. The Hall–Kier alpha value is -4.49. The molecule has 9 nitrogen and oxygen atoms in total. The first kappa shape index (κ1) is 24.6. The number of nitrogens with one attached hydrogen (secondary N) is 1. The van der Waals surface area contributed by atoms with Gasteiger partial charge in [0, 0.05) is 17.5 Å². The van der Waals surface area contributed by atoms with E-state index in [1.165, 1.54) is 21.3 Å². The highest BCUT2D eigenvalue weighted by atomic mass is 32.1. The number of carbonyl (C=O) groups excluding carboxylic acids is 1. The number of pyridine rings is 1. The zero-order chi connectivity index (χ0) is 25.8. The number of hydrogen-bond acceptors (Lipinski definition) is 9. The van der Waals surface area contributed by atoms with E-state index in [9.17, 15) is 10.1 Å². The third-order valence-electron chi connectivity index (χ3n) is 5.72. The van der Waals surface area contributed by atoms with E-state index in [1.54, 1.807) is 12.1 Å². The van der Waals surface area contributed by atoms with Crippen LogP contribution in [-0.4, -0.2) is 38.8 Å². The van der Waals surface area contributed by atoms with Crippen LogP contribution in [0.1, 0.15) is 20.8 Å². The second-order valence-electron chi connectivity index (χ2n) is 7.79. The van der Waals surface area contributed by atoms with Gasteiger partial charge in [0.05, 0.1) is 27.0 Å². The molecule has 0 unspecified atom stereocenters. The number of anilines is 2. The zero-order valence-electron chi connectivity index (χ0n) is 20.0. The van der Waals surface area contributed by atoms with Crippen molar-refractivity contribution in [3.63, 3.8) is 0 Å². The average molecular weight is 504 g/mol. The Labute approximate surface area is 212 Å². The van der Waals surface area contributed by atoms with E-state index in [2.05, 4.69) is 16.4 Å². The maximum Gasteiger partial charge on any atom is 0.263 e. The van der Waals surface area contributed by atoms with Crippen molar-refractivity contribution < 1.29 is 19.0 Å². The number of rotatable bonds is 8. The van der Waals surface area contributed by atoms with Gasteiger partial charge in [0.25, 0.3) is 5.91 Å². The van der Waals surface area contributed by atoms with Crippen molar-refractivity contribution in [1.82, 2.24) is 10.3 Å². The summed E-state index contributed by atoms with van der Waals surface area (Å²) in [7, 11) is 4.50. The summed E-state index contributed by atoms with van der Waals surface area (Å²) in [5.41, 5.74) is 15.1. The van der Waals surface area contributed by atoms with E-state index >= 15 is 0 Å². The van der Waals surface area contributed by atoms with E-state index in [0.29, 0.717) is 56.4 Å². The Kier molecular flexibility index (Phi) is 7.12. The van der Waals surface area contributed by atoms with E-state index in [-0.39, 0.29) is 23.0 Å². The lowest BCUT2D eigenvalue weighted by Gasteiger charge is -2.16. The minimum Gasteiger partial charge on any atom is -0.493 e. The molecule has 4 rings (SSSR count). The van der Waals surface area contributed by atoms with Crippen LogP contribution in [0.3, 0.4) is 0 Å². The molecule has 1 amide bonds. The Morgan fingerprint density at radius 3 is 2.33 bits per heavy atom. The van der Waals surface area contributed by atoms with Crippen molar-refractivity contribution >= 4 is 39.0 Å². The molecular weight excluding hydrogens is 478 g/mol. The predicted molar refractivity (Wildman–Crippen MR) is 141 cm³/mol. The zero-order valence-corrected chi connectivity index (χ0v) is 20.9. The number of fused-ring (bicyclic) bond motifs is 1. The molecule has 2 aromatic carbocycles. The summed E-state index contributed by atoms with van der Waals surface area (Å²) in [6, 6.07) is 15.4. The maximum atomic E-state index is 13.0. The van der Waals surface area contributed by atoms with Crippen LogP contribution in [0.15, 0.2) is 42.5 Å². The molecule has 0 aliphatic heterocycles. The lowest BCUT2D eigenvalue weighted by molar-refractivity contribution is 0.0959.